The molecule has 15 rings (SSSR count). The Morgan fingerprint density at radius 1 is 0.364 bits per heavy atom. The number of benzene rings is 9. The van der Waals surface area contributed by atoms with Crippen LogP contribution >= 0.6 is 0 Å². The zero-order valence-electron chi connectivity index (χ0n) is 38.1. The molecule has 0 unspecified atom stereocenters. The predicted molar refractivity (Wildman–Crippen MR) is 277 cm³/mol. The fraction of sp³-hybridized carbons (Fsp3) is 0.143. The van der Waals surface area contributed by atoms with Crippen LogP contribution in [0.5, 0.6) is 0 Å². The molecule has 3 heteroatoms. The van der Waals surface area contributed by atoms with Crippen LogP contribution in [0.3, 0.4) is 0 Å². The molecular formula is C63H46BNO. The minimum absolute atomic E-state index is 0.0642. The molecule has 0 atom stereocenters. The van der Waals surface area contributed by atoms with Crippen molar-refractivity contribution in [2.75, 3.05) is 4.90 Å². The summed E-state index contributed by atoms with van der Waals surface area (Å²) in [6.07, 6.45) is 0. The highest BCUT2D eigenvalue weighted by atomic mass is 16.3. The Labute approximate surface area is 386 Å². The van der Waals surface area contributed by atoms with Crippen LogP contribution < -0.4 is 21.3 Å². The zero-order chi connectivity index (χ0) is 44.2. The lowest BCUT2D eigenvalue weighted by Crippen LogP contribution is -2.55. The van der Waals surface area contributed by atoms with E-state index < -0.39 is 0 Å². The van der Waals surface area contributed by atoms with Crippen LogP contribution in [-0.4, -0.2) is 6.71 Å². The Morgan fingerprint density at radius 2 is 0.924 bits per heavy atom. The molecule has 0 radical (unpaired) electrons. The molecule has 5 aliphatic rings. The van der Waals surface area contributed by atoms with E-state index in [1.807, 2.05) is 0 Å². The molecule has 3 aliphatic carbocycles. The molecule has 0 bridgehead atoms. The molecule has 2 nitrogen and oxygen atoms in total. The summed E-state index contributed by atoms with van der Waals surface area (Å²) in [5.74, 6) is 0. The monoisotopic (exact) mass is 843 g/mol. The summed E-state index contributed by atoms with van der Waals surface area (Å²) in [5, 5.41) is 2.29. The number of nitrogens with zero attached hydrogens (tertiary/aromatic N) is 1. The minimum atomic E-state index is -0.138. The van der Waals surface area contributed by atoms with Crippen LogP contribution in [0.25, 0.3) is 77.6 Å². The highest BCUT2D eigenvalue weighted by Crippen LogP contribution is 2.56. The van der Waals surface area contributed by atoms with E-state index in [1.54, 1.807) is 0 Å². The van der Waals surface area contributed by atoms with Gasteiger partial charge in [-0.15, -0.1) is 0 Å². The average Bonchev–Trinajstić information content (AvgIpc) is 4.06. The van der Waals surface area contributed by atoms with E-state index in [2.05, 4.69) is 216 Å². The molecule has 312 valence electrons. The van der Waals surface area contributed by atoms with Crippen molar-refractivity contribution < 1.29 is 4.42 Å². The van der Waals surface area contributed by atoms with Crippen molar-refractivity contribution in [3.8, 4) is 55.6 Å². The summed E-state index contributed by atoms with van der Waals surface area (Å²) in [6.45, 7) is 14.5. The Hall–Kier alpha value is -7.36. The lowest BCUT2D eigenvalue weighted by atomic mass is 9.36. The molecule has 0 fully saturated rings. The van der Waals surface area contributed by atoms with E-state index in [9.17, 15) is 0 Å². The van der Waals surface area contributed by atoms with E-state index in [4.69, 9.17) is 4.42 Å². The van der Waals surface area contributed by atoms with Gasteiger partial charge in [-0.25, -0.2) is 0 Å². The molecule has 0 N–H and O–H groups in total. The van der Waals surface area contributed by atoms with Crippen LogP contribution in [0.2, 0.25) is 0 Å². The number of para-hydroxylation sites is 1. The average molecular weight is 844 g/mol. The van der Waals surface area contributed by atoms with E-state index in [-0.39, 0.29) is 23.0 Å². The topological polar surface area (TPSA) is 16.4 Å². The minimum Gasteiger partial charge on any atom is -0.456 e. The first-order chi connectivity index (χ1) is 32.0. The van der Waals surface area contributed by atoms with Crippen LogP contribution in [0.1, 0.15) is 74.9 Å². The smallest absolute Gasteiger partial charge is 0.248 e. The molecule has 2 aliphatic heterocycles. The molecule has 10 aromatic rings. The molecule has 9 aromatic carbocycles. The predicted octanol–water partition coefficient (Wildman–Crippen LogP) is 14.5. The van der Waals surface area contributed by atoms with Gasteiger partial charge in [0.15, 0.2) is 0 Å². The molecule has 0 spiro atoms. The summed E-state index contributed by atoms with van der Waals surface area (Å²) in [4.78, 5) is 2.64. The van der Waals surface area contributed by atoms with Gasteiger partial charge in [0.25, 0.3) is 0 Å². The third-order valence-corrected chi connectivity index (χ3v) is 16.9. The van der Waals surface area contributed by atoms with Crippen molar-refractivity contribution in [1.29, 1.82) is 0 Å². The van der Waals surface area contributed by atoms with Gasteiger partial charge in [-0.1, -0.05) is 162 Å². The quantitative estimate of drug-likeness (QED) is 0.161. The highest BCUT2D eigenvalue weighted by molar-refractivity contribution is 7.01. The number of fused-ring (bicyclic) bond motifs is 17. The fourth-order valence-corrected chi connectivity index (χ4v) is 13.6. The summed E-state index contributed by atoms with van der Waals surface area (Å²) >= 11 is 0. The van der Waals surface area contributed by atoms with Gasteiger partial charge in [-0.3, -0.25) is 0 Å². The van der Waals surface area contributed by atoms with E-state index in [0.29, 0.717) is 0 Å². The van der Waals surface area contributed by atoms with Crippen LogP contribution in [0, 0.1) is 0 Å². The number of anilines is 3. The van der Waals surface area contributed by atoms with Crippen LogP contribution in [0.4, 0.5) is 17.1 Å². The van der Waals surface area contributed by atoms with Crippen LogP contribution in [-0.2, 0) is 16.2 Å². The second-order valence-electron chi connectivity index (χ2n) is 21.2. The van der Waals surface area contributed by atoms with Crippen molar-refractivity contribution in [2.45, 2.75) is 57.8 Å². The zero-order valence-corrected chi connectivity index (χ0v) is 38.1. The molecule has 1 aromatic heterocycles. The second-order valence-corrected chi connectivity index (χ2v) is 21.2. The standard InChI is InChI=1S/C63H46BNO/c1-61(2)48-19-11-7-15-38(48)42-30-37(24-25-51(42)61)65-56-32-44-40-17-9-13-21-50(40)63(5,6)53(44)34-55(56)64-54-33-52-43(39-16-8-12-20-49(39)62(52,3)4)31-45(54)47-28-36(29-57(65)60(47)64)35-23-26-59-46(27-35)41-18-10-14-22-58(41)66-59/h7-34H,1-6H3. The van der Waals surface area contributed by atoms with Gasteiger partial charge in [-0.2, -0.15) is 0 Å². The third kappa shape index (κ3) is 4.44. The second kappa shape index (κ2) is 12.1. The van der Waals surface area contributed by atoms with Gasteiger partial charge in [0.1, 0.15) is 11.2 Å². The largest absolute Gasteiger partial charge is 0.456 e. The molecule has 0 saturated carbocycles. The molecule has 3 heterocycles. The Kier molecular flexibility index (Phi) is 6.77. The maximum absolute atomic E-state index is 6.38. The summed E-state index contributed by atoms with van der Waals surface area (Å²) in [5.41, 5.74) is 31.0. The van der Waals surface area contributed by atoms with Crippen LogP contribution in [0.15, 0.2) is 174 Å². The van der Waals surface area contributed by atoms with Crippen molar-refractivity contribution in [3.63, 3.8) is 0 Å². The highest BCUT2D eigenvalue weighted by Gasteiger charge is 2.48. The Morgan fingerprint density at radius 3 is 1.62 bits per heavy atom. The first kappa shape index (κ1) is 36.9. The number of hydrogen-bond donors (Lipinski definition) is 0. The Balaban J connectivity index is 1.06. The van der Waals surface area contributed by atoms with E-state index >= 15 is 0 Å². The first-order valence-corrected chi connectivity index (χ1v) is 23.7. The molecule has 66 heavy (non-hydrogen) atoms. The third-order valence-electron chi connectivity index (χ3n) is 16.9. The maximum Gasteiger partial charge on any atom is 0.248 e. The van der Waals surface area contributed by atoms with Gasteiger partial charge >= 0.3 is 0 Å². The summed E-state index contributed by atoms with van der Waals surface area (Å²) in [6, 6.07) is 65.1. The van der Waals surface area contributed by atoms with Gasteiger partial charge in [0.05, 0.1) is 0 Å². The molecular weight excluding hydrogens is 798 g/mol. The normalized spacial score (nSPS) is 16.3. The molecule has 0 amide bonds. The fourth-order valence-electron chi connectivity index (χ4n) is 13.6. The SMILES string of the molecule is CC1(C)c2ccccc2-c2cc(N3c4cc5c(cc4B4c6cc7c(cc6-c6cc(-c8ccc9oc%10ccccc%10c9c8)cc3c64)-c3ccccc3C7(C)C)C(C)(C)c3ccccc3-5)ccc21. The van der Waals surface area contributed by atoms with Crippen molar-refractivity contribution in [2.24, 2.45) is 0 Å². The van der Waals surface area contributed by atoms with E-state index in [1.165, 1.54) is 122 Å². The van der Waals surface area contributed by atoms with Crippen molar-refractivity contribution in [1.82, 2.24) is 0 Å². The summed E-state index contributed by atoms with van der Waals surface area (Å²) < 4.78 is 6.38. The number of hydrogen-bond acceptors (Lipinski definition) is 2. The van der Waals surface area contributed by atoms with Crippen molar-refractivity contribution in [3.05, 3.63) is 203 Å². The van der Waals surface area contributed by atoms with Gasteiger partial charge in [0.2, 0.25) is 6.71 Å². The lowest BCUT2D eigenvalue weighted by Gasteiger charge is -2.38. The van der Waals surface area contributed by atoms with Gasteiger partial charge in [-0.05, 0) is 155 Å². The number of rotatable bonds is 2. The van der Waals surface area contributed by atoms with Gasteiger partial charge < -0.3 is 9.32 Å². The number of furan rings is 1. The van der Waals surface area contributed by atoms with Gasteiger partial charge in [0, 0.05) is 44.1 Å². The first-order valence-electron chi connectivity index (χ1n) is 23.7. The Bertz CT molecular complexity index is 3880. The summed E-state index contributed by atoms with van der Waals surface area (Å²) in [7, 11) is 0. The molecule has 0 saturated heterocycles. The lowest BCUT2D eigenvalue weighted by molar-refractivity contribution is 0.660. The van der Waals surface area contributed by atoms with Crippen molar-refractivity contribution >= 4 is 62.1 Å². The van der Waals surface area contributed by atoms with E-state index in [0.717, 1.165) is 21.9 Å². The maximum atomic E-state index is 6.38.